The van der Waals surface area contributed by atoms with Crippen LogP contribution in [0.1, 0.15) is 5.56 Å². The fraction of sp³-hybridized carbons (Fsp3) is 0.0769. The average molecular weight is 180 g/mol. The van der Waals surface area contributed by atoms with Crippen LogP contribution in [0.25, 0.3) is 11.1 Å². The van der Waals surface area contributed by atoms with Crippen molar-refractivity contribution in [2.45, 2.75) is 6.92 Å². The first-order valence-electron chi connectivity index (χ1n) is 4.89. The predicted molar refractivity (Wildman–Crippen MR) is 64.8 cm³/mol. The molecule has 14 heavy (non-hydrogen) atoms. The van der Waals surface area contributed by atoms with E-state index in [4.69, 9.17) is 0 Å². The Morgan fingerprint density at radius 1 is 0.714 bits per heavy atom. The lowest BCUT2D eigenvalue weighted by Gasteiger charge is -2.02. The van der Waals surface area contributed by atoms with Gasteiger partial charge >= 0.3 is 0 Å². The maximum Gasteiger partial charge on any atom is 0.139 e. The van der Waals surface area contributed by atoms with Gasteiger partial charge in [0.05, 0.1) is 0 Å². The zero-order valence-electron chi connectivity index (χ0n) is 8.62. The molecule has 0 nitrogen and oxygen atoms in total. The largest absolute Gasteiger partial charge is 0.139 e. The van der Waals surface area contributed by atoms with Crippen LogP contribution in [0, 0.1) is 6.92 Å². The topological polar surface area (TPSA) is 0 Å². The van der Waals surface area contributed by atoms with Gasteiger partial charge in [-0.05, 0) is 18.1 Å². The Kier molecular flexibility index (Phi) is 2.40. The van der Waals surface area contributed by atoms with Gasteiger partial charge in [-0.1, -0.05) is 59.6 Å². The molecule has 0 aliphatic heterocycles. The van der Waals surface area contributed by atoms with E-state index in [9.17, 15) is 0 Å². The highest BCUT2D eigenvalue weighted by atomic mass is 14.0. The molecule has 0 radical (unpaired) electrons. The molecule has 2 aromatic carbocycles. The highest BCUT2D eigenvalue weighted by Crippen LogP contribution is 2.18. The summed E-state index contributed by atoms with van der Waals surface area (Å²) in [7, 11) is 2.11. The van der Waals surface area contributed by atoms with Crippen LogP contribution in [0.5, 0.6) is 0 Å². The smallest absolute Gasteiger partial charge is 0.0889 e. The van der Waals surface area contributed by atoms with Gasteiger partial charge in [-0.2, -0.15) is 0 Å². The number of hydrogen-bond acceptors (Lipinski definition) is 0. The summed E-state index contributed by atoms with van der Waals surface area (Å²) in [6, 6.07) is 17.3. The van der Waals surface area contributed by atoms with Gasteiger partial charge in [-0.3, -0.25) is 0 Å². The van der Waals surface area contributed by atoms with Gasteiger partial charge in [0.25, 0.3) is 0 Å². The van der Waals surface area contributed by atoms with Gasteiger partial charge in [0, 0.05) is 0 Å². The van der Waals surface area contributed by atoms with Crippen LogP contribution in [-0.2, 0) is 0 Å². The molecule has 0 amide bonds. The highest BCUT2D eigenvalue weighted by molar-refractivity contribution is 6.32. The molecule has 0 spiro atoms. The molecule has 0 fully saturated rings. The first-order valence-corrected chi connectivity index (χ1v) is 4.89. The summed E-state index contributed by atoms with van der Waals surface area (Å²) in [6.07, 6.45) is 0. The van der Waals surface area contributed by atoms with Crippen molar-refractivity contribution in [2.75, 3.05) is 0 Å². The second kappa shape index (κ2) is 3.71. The first-order chi connectivity index (χ1) is 6.75. The van der Waals surface area contributed by atoms with Crippen LogP contribution < -0.4 is 5.46 Å². The Bertz CT molecular complexity index is 368. The molecule has 0 unspecified atom stereocenters. The SMILES string of the molecule is Bc1ccc(-c2ccc(C)cc2)cc1. The third-order valence-corrected chi connectivity index (χ3v) is 2.44. The summed E-state index contributed by atoms with van der Waals surface area (Å²) in [5.41, 5.74) is 5.19. The third-order valence-electron chi connectivity index (χ3n) is 2.44. The molecule has 0 aromatic heterocycles. The molecule has 0 bridgehead atoms. The van der Waals surface area contributed by atoms with Gasteiger partial charge in [-0.15, -0.1) is 0 Å². The maximum absolute atomic E-state index is 2.17. The van der Waals surface area contributed by atoms with Crippen LogP contribution >= 0.6 is 0 Å². The molecule has 0 aliphatic carbocycles. The van der Waals surface area contributed by atoms with Gasteiger partial charge in [0.1, 0.15) is 7.85 Å². The van der Waals surface area contributed by atoms with Crippen LogP contribution in [-0.4, -0.2) is 7.85 Å². The Morgan fingerprint density at radius 3 is 1.64 bits per heavy atom. The molecule has 0 aliphatic rings. The predicted octanol–water partition coefficient (Wildman–Crippen LogP) is 1.92. The zero-order chi connectivity index (χ0) is 9.97. The van der Waals surface area contributed by atoms with Gasteiger partial charge in [0.2, 0.25) is 0 Å². The molecule has 68 valence electrons. The van der Waals surface area contributed by atoms with E-state index in [1.807, 2.05) is 0 Å². The summed E-state index contributed by atoms with van der Waals surface area (Å²) in [5, 5.41) is 0. The quantitative estimate of drug-likeness (QED) is 0.588. The Balaban J connectivity index is 2.40. The number of benzene rings is 2. The van der Waals surface area contributed by atoms with Gasteiger partial charge in [0.15, 0.2) is 0 Å². The van der Waals surface area contributed by atoms with Gasteiger partial charge in [-0.25, -0.2) is 0 Å². The molecular formula is C13H13B. The summed E-state index contributed by atoms with van der Waals surface area (Å²) in [4.78, 5) is 0. The molecular weight excluding hydrogens is 167 g/mol. The third kappa shape index (κ3) is 1.87. The van der Waals surface area contributed by atoms with E-state index in [-0.39, 0.29) is 0 Å². The lowest BCUT2D eigenvalue weighted by molar-refractivity contribution is 1.47. The van der Waals surface area contributed by atoms with E-state index in [0.717, 1.165) is 0 Å². The van der Waals surface area contributed by atoms with E-state index in [2.05, 4.69) is 63.3 Å². The molecule has 1 heteroatoms. The first kappa shape index (κ1) is 9.08. The Labute approximate surface area is 86.0 Å². The van der Waals surface area contributed by atoms with Crippen molar-refractivity contribution in [1.29, 1.82) is 0 Å². The summed E-state index contributed by atoms with van der Waals surface area (Å²) >= 11 is 0. The second-order valence-electron chi connectivity index (χ2n) is 3.73. The van der Waals surface area contributed by atoms with Crippen molar-refractivity contribution in [3.05, 3.63) is 54.1 Å². The van der Waals surface area contributed by atoms with E-state index < -0.39 is 0 Å². The Hall–Kier alpha value is -1.50. The fourth-order valence-corrected chi connectivity index (χ4v) is 1.49. The minimum absolute atomic E-state index is 1.29. The molecule has 0 saturated carbocycles. The van der Waals surface area contributed by atoms with Crippen LogP contribution in [0.2, 0.25) is 0 Å². The van der Waals surface area contributed by atoms with Crippen molar-refractivity contribution in [3.8, 4) is 11.1 Å². The van der Waals surface area contributed by atoms with Crippen molar-refractivity contribution < 1.29 is 0 Å². The van der Waals surface area contributed by atoms with Crippen LogP contribution in [0.4, 0.5) is 0 Å². The van der Waals surface area contributed by atoms with Crippen molar-refractivity contribution in [1.82, 2.24) is 0 Å². The van der Waals surface area contributed by atoms with Crippen molar-refractivity contribution >= 4 is 13.3 Å². The summed E-state index contributed by atoms with van der Waals surface area (Å²) in [5.74, 6) is 0. The van der Waals surface area contributed by atoms with E-state index >= 15 is 0 Å². The van der Waals surface area contributed by atoms with E-state index in [1.54, 1.807) is 0 Å². The molecule has 2 aromatic rings. The van der Waals surface area contributed by atoms with Gasteiger partial charge < -0.3 is 0 Å². The number of hydrogen-bond donors (Lipinski definition) is 0. The second-order valence-corrected chi connectivity index (χ2v) is 3.73. The fourth-order valence-electron chi connectivity index (χ4n) is 1.49. The maximum atomic E-state index is 2.17. The normalized spacial score (nSPS) is 10.1. The lowest BCUT2D eigenvalue weighted by atomic mass is 9.93. The standard InChI is InChI=1S/C13H13B/c1-10-2-4-11(5-3-10)12-6-8-13(14)9-7-12/h2-9H,14H2,1H3. The van der Waals surface area contributed by atoms with E-state index in [0.29, 0.717) is 0 Å². The molecule has 0 saturated heterocycles. The lowest BCUT2D eigenvalue weighted by Crippen LogP contribution is -1.99. The molecule has 0 atom stereocenters. The van der Waals surface area contributed by atoms with Crippen LogP contribution in [0.3, 0.4) is 0 Å². The molecule has 2 rings (SSSR count). The van der Waals surface area contributed by atoms with Crippen LogP contribution in [0.15, 0.2) is 48.5 Å². The highest BCUT2D eigenvalue weighted by Gasteiger charge is 1.95. The Morgan fingerprint density at radius 2 is 1.14 bits per heavy atom. The minimum atomic E-state index is 1.29. The molecule has 0 N–H and O–H groups in total. The van der Waals surface area contributed by atoms with Crippen molar-refractivity contribution in [3.63, 3.8) is 0 Å². The van der Waals surface area contributed by atoms with E-state index in [1.165, 1.54) is 22.2 Å². The van der Waals surface area contributed by atoms with Crippen molar-refractivity contribution in [2.24, 2.45) is 0 Å². The summed E-state index contributed by atoms with van der Waals surface area (Å²) < 4.78 is 0. The number of rotatable bonds is 1. The average Bonchev–Trinajstić information content (AvgIpc) is 2.21. The summed E-state index contributed by atoms with van der Waals surface area (Å²) in [6.45, 7) is 2.11. The zero-order valence-corrected chi connectivity index (χ0v) is 8.62. The monoisotopic (exact) mass is 180 g/mol. The molecule has 0 heterocycles. The minimum Gasteiger partial charge on any atom is -0.0889 e. The number of aryl methyl sites for hydroxylation is 1.